The van der Waals surface area contributed by atoms with Crippen LogP contribution in [0, 0.1) is 28.6 Å². The molecule has 0 bridgehead atoms. The normalized spacial score (nSPS) is 17.0. The number of carbonyl (C=O) groups is 1. The van der Waals surface area contributed by atoms with Crippen molar-refractivity contribution in [1.29, 1.82) is 10.5 Å². The van der Waals surface area contributed by atoms with Gasteiger partial charge in [0.2, 0.25) is 5.95 Å². The second kappa shape index (κ2) is 9.23. The van der Waals surface area contributed by atoms with Gasteiger partial charge in [0.1, 0.15) is 6.04 Å². The lowest BCUT2D eigenvalue weighted by Gasteiger charge is -2.34. The van der Waals surface area contributed by atoms with Gasteiger partial charge in [-0.05, 0) is 61.6 Å². The maximum Gasteiger partial charge on any atom is 0.416 e. The van der Waals surface area contributed by atoms with Gasteiger partial charge in [-0.2, -0.15) is 28.7 Å². The van der Waals surface area contributed by atoms with Crippen LogP contribution in [0.3, 0.4) is 0 Å². The number of hydrogen-bond acceptors (Lipinski definition) is 6. The van der Waals surface area contributed by atoms with E-state index in [1.54, 1.807) is 31.2 Å². The number of alkyl halides is 3. The van der Waals surface area contributed by atoms with E-state index in [2.05, 4.69) is 16.2 Å². The highest BCUT2D eigenvalue weighted by atomic mass is 19.4. The van der Waals surface area contributed by atoms with E-state index in [4.69, 9.17) is 0 Å². The summed E-state index contributed by atoms with van der Waals surface area (Å²) in [7, 11) is 0. The van der Waals surface area contributed by atoms with Crippen molar-refractivity contribution >= 4 is 23.7 Å². The van der Waals surface area contributed by atoms with Gasteiger partial charge in [-0.3, -0.25) is 4.90 Å². The van der Waals surface area contributed by atoms with Crippen LogP contribution in [0.5, 0.6) is 0 Å². The van der Waals surface area contributed by atoms with Crippen LogP contribution in [0.2, 0.25) is 0 Å². The van der Waals surface area contributed by atoms with E-state index in [0.29, 0.717) is 16.8 Å². The third kappa shape index (κ3) is 4.41. The number of benzene rings is 2. The fourth-order valence-corrected chi connectivity index (χ4v) is 4.46. The van der Waals surface area contributed by atoms with Gasteiger partial charge in [0, 0.05) is 17.9 Å². The third-order valence-corrected chi connectivity index (χ3v) is 6.56. The largest absolute Gasteiger partial charge is 0.465 e. The zero-order valence-corrected chi connectivity index (χ0v) is 20.0. The van der Waals surface area contributed by atoms with Gasteiger partial charge >= 0.3 is 12.3 Å². The summed E-state index contributed by atoms with van der Waals surface area (Å²) in [5.41, 5.74) is 0.674. The second-order valence-corrected chi connectivity index (χ2v) is 9.12. The van der Waals surface area contributed by atoms with E-state index in [0.717, 1.165) is 29.9 Å². The monoisotopic (exact) mass is 519 g/mol. The Bertz CT molecular complexity index is 1530. The molecule has 12 heteroatoms. The minimum absolute atomic E-state index is 0.0623. The molecule has 1 fully saturated rings. The first kappa shape index (κ1) is 24.8. The van der Waals surface area contributed by atoms with Crippen molar-refractivity contribution in [2.24, 2.45) is 5.92 Å². The van der Waals surface area contributed by atoms with Gasteiger partial charge in [-0.15, -0.1) is 5.10 Å². The average molecular weight is 519 g/mol. The van der Waals surface area contributed by atoms with Crippen molar-refractivity contribution in [3.63, 3.8) is 0 Å². The van der Waals surface area contributed by atoms with Gasteiger partial charge < -0.3 is 5.11 Å². The van der Waals surface area contributed by atoms with E-state index in [1.165, 1.54) is 21.7 Å². The number of aromatic nitrogens is 3. The van der Waals surface area contributed by atoms with E-state index < -0.39 is 23.9 Å². The molecule has 3 aromatic rings. The number of hydrogen-bond donors (Lipinski definition) is 1. The minimum atomic E-state index is -4.60. The van der Waals surface area contributed by atoms with Crippen LogP contribution in [0.25, 0.3) is 0 Å². The molecule has 1 aliphatic heterocycles. The molecule has 1 amide bonds. The Morgan fingerprint density at radius 2 is 1.87 bits per heavy atom. The van der Waals surface area contributed by atoms with Crippen LogP contribution >= 0.6 is 0 Å². The van der Waals surface area contributed by atoms with E-state index in [9.17, 15) is 33.6 Å². The highest BCUT2D eigenvalue weighted by Crippen LogP contribution is 2.44. The molecular weight excluding hydrogens is 499 g/mol. The van der Waals surface area contributed by atoms with Crippen molar-refractivity contribution in [3.8, 4) is 12.1 Å². The Morgan fingerprint density at radius 1 is 1.16 bits per heavy atom. The predicted octanol–water partition coefficient (Wildman–Crippen LogP) is 5.60. The number of amides is 1. The maximum absolute atomic E-state index is 13.5. The predicted molar refractivity (Wildman–Crippen MR) is 129 cm³/mol. The first-order valence-electron chi connectivity index (χ1n) is 11.7. The molecule has 1 aliphatic carbocycles. The van der Waals surface area contributed by atoms with Crippen molar-refractivity contribution in [3.05, 3.63) is 76.5 Å². The number of carboxylic acid groups (broad SMARTS) is 1. The quantitative estimate of drug-likeness (QED) is 0.465. The third-order valence-electron chi connectivity index (χ3n) is 6.56. The standard InChI is InChI=1S/C26H20F3N7O2/c1-15-21(13-31)22(18-9-7-16(12-30)8-10-18)36-24(32-23(33-36)34(25(37)38)14-17-5-6-17)35(15)20-4-2-3-19(11-20)26(27,28)29/h2-4,7-11,17,22H,5-6,14H2,1H3,(H,37,38)/t22-/m1/s1. The Balaban J connectivity index is 1.72. The summed E-state index contributed by atoms with van der Waals surface area (Å²) < 4.78 is 41.9. The number of halogens is 3. The average Bonchev–Trinajstić information content (AvgIpc) is 3.62. The molecule has 2 aromatic carbocycles. The molecule has 1 aromatic heterocycles. The number of anilines is 3. The van der Waals surface area contributed by atoms with E-state index in [1.807, 2.05) is 6.07 Å². The zero-order valence-electron chi connectivity index (χ0n) is 20.0. The van der Waals surface area contributed by atoms with Crippen LogP contribution in [-0.4, -0.2) is 32.5 Å². The summed E-state index contributed by atoms with van der Waals surface area (Å²) in [4.78, 5) is 19.0. The summed E-state index contributed by atoms with van der Waals surface area (Å²) in [6, 6.07) is 14.4. The fraction of sp³-hybridized carbons (Fsp3) is 0.269. The van der Waals surface area contributed by atoms with Crippen LogP contribution in [0.15, 0.2) is 59.8 Å². The molecule has 1 saturated carbocycles. The molecule has 5 rings (SSSR count). The van der Waals surface area contributed by atoms with Crippen LogP contribution in [0.1, 0.15) is 42.5 Å². The summed E-state index contributed by atoms with van der Waals surface area (Å²) in [5, 5.41) is 33.7. The van der Waals surface area contributed by atoms with Gasteiger partial charge in [-0.1, -0.05) is 18.2 Å². The number of allylic oxidation sites excluding steroid dienone is 2. The summed E-state index contributed by atoms with van der Waals surface area (Å²) in [5.74, 6) is 0.101. The lowest BCUT2D eigenvalue weighted by atomic mass is 9.95. The minimum Gasteiger partial charge on any atom is -0.465 e. The molecule has 1 N–H and O–H groups in total. The Morgan fingerprint density at radius 3 is 2.45 bits per heavy atom. The lowest BCUT2D eigenvalue weighted by molar-refractivity contribution is -0.137. The molecule has 0 spiro atoms. The number of fused-ring (bicyclic) bond motifs is 1. The molecule has 9 nitrogen and oxygen atoms in total. The van der Waals surface area contributed by atoms with Gasteiger partial charge in [0.05, 0.1) is 28.8 Å². The van der Waals surface area contributed by atoms with Crippen LogP contribution in [-0.2, 0) is 6.18 Å². The Hall–Kier alpha value is -4.84. The summed E-state index contributed by atoms with van der Waals surface area (Å²) >= 11 is 0. The SMILES string of the molecule is CC1=C(C#N)[C@@H](c2ccc(C#N)cc2)n2nc(N(CC3CC3)C(=O)O)nc2N1c1cccc(C(F)(F)F)c1. The van der Waals surface area contributed by atoms with E-state index in [-0.39, 0.29) is 35.6 Å². The van der Waals surface area contributed by atoms with Crippen molar-refractivity contribution in [1.82, 2.24) is 14.8 Å². The Kier molecular flexibility index (Phi) is 6.03. The molecular formula is C26H20F3N7O2. The van der Waals surface area contributed by atoms with Gasteiger partial charge in [-0.25, -0.2) is 14.4 Å². The van der Waals surface area contributed by atoms with Gasteiger partial charge in [0.15, 0.2) is 0 Å². The molecule has 1 atom stereocenters. The second-order valence-electron chi connectivity index (χ2n) is 9.12. The first-order chi connectivity index (χ1) is 18.1. The van der Waals surface area contributed by atoms with Crippen molar-refractivity contribution in [2.75, 3.05) is 16.3 Å². The van der Waals surface area contributed by atoms with Crippen LogP contribution in [0.4, 0.5) is 35.5 Å². The number of nitrogens with zero attached hydrogens (tertiary/aromatic N) is 7. The first-order valence-corrected chi connectivity index (χ1v) is 11.7. The van der Waals surface area contributed by atoms with Crippen molar-refractivity contribution < 1.29 is 23.1 Å². The number of rotatable bonds is 5. The van der Waals surface area contributed by atoms with E-state index >= 15 is 0 Å². The molecule has 0 radical (unpaired) electrons. The highest BCUT2D eigenvalue weighted by Gasteiger charge is 2.39. The number of nitriles is 2. The highest BCUT2D eigenvalue weighted by molar-refractivity contribution is 5.84. The molecule has 2 heterocycles. The molecule has 2 aliphatic rings. The molecule has 192 valence electrons. The fourth-order valence-electron chi connectivity index (χ4n) is 4.46. The molecule has 38 heavy (non-hydrogen) atoms. The van der Waals surface area contributed by atoms with Gasteiger partial charge in [0.25, 0.3) is 5.95 Å². The molecule has 0 saturated heterocycles. The summed E-state index contributed by atoms with van der Waals surface area (Å²) in [6.45, 7) is 1.77. The molecule has 0 unspecified atom stereocenters. The lowest BCUT2D eigenvalue weighted by Crippen LogP contribution is -2.32. The van der Waals surface area contributed by atoms with Crippen LogP contribution < -0.4 is 9.80 Å². The smallest absolute Gasteiger partial charge is 0.416 e. The van der Waals surface area contributed by atoms with Crippen molar-refractivity contribution in [2.45, 2.75) is 32.0 Å². The topological polar surface area (TPSA) is 122 Å². The summed E-state index contributed by atoms with van der Waals surface area (Å²) in [6.07, 6.45) is -4.11. The maximum atomic E-state index is 13.5. The Labute approximate surface area is 215 Å². The zero-order chi connectivity index (χ0) is 27.2.